The Balaban J connectivity index is 0.000000233. The van der Waals surface area contributed by atoms with E-state index in [-0.39, 0.29) is 53.8 Å². The van der Waals surface area contributed by atoms with Crippen molar-refractivity contribution >= 4 is 155 Å². The van der Waals surface area contributed by atoms with Gasteiger partial charge in [0.15, 0.2) is 21.2 Å². The summed E-state index contributed by atoms with van der Waals surface area (Å²) >= 11 is 21.7. The summed E-state index contributed by atoms with van der Waals surface area (Å²) < 4.78 is 135. The zero-order valence-corrected chi connectivity index (χ0v) is 68.3. The number of carboxylic acids is 1. The Kier molecular flexibility index (Phi) is 34.6. The number of anilines is 6. The maximum atomic E-state index is 14.6. The zero-order valence-electron chi connectivity index (χ0n) is 61.1. The molecular formula is C69H97Cl3F3N13O13S6. The van der Waals surface area contributed by atoms with Crippen molar-refractivity contribution in [2.45, 2.75) is 196 Å². The fourth-order valence-corrected chi connectivity index (χ4v) is 17.9. The monoisotopic (exact) mass is 1670 g/mol. The molecule has 3 aliphatic rings. The molecule has 0 spiro atoms. The summed E-state index contributed by atoms with van der Waals surface area (Å²) in [5, 5.41) is 27.3. The van der Waals surface area contributed by atoms with E-state index in [4.69, 9.17) is 55.1 Å². The third kappa shape index (κ3) is 29.3. The van der Waals surface area contributed by atoms with Crippen LogP contribution in [-0.2, 0) is 49.1 Å². The molecule has 2 amide bonds. The van der Waals surface area contributed by atoms with Crippen molar-refractivity contribution in [1.29, 1.82) is 0 Å². The van der Waals surface area contributed by atoms with Gasteiger partial charge in [0, 0.05) is 79.9 Å². The van der Waals surface area contributed by atoms with Crippen LogP contribution in [0, 0.1) is 35.2 Å². The molecule has 6 atom stereocenters. The lowest BCUT2D eigenvalue weighted by Crippen LogP contribution is -2.43. The van der Waals surface area contributed by atoms with Crippen LogP contribution in [0.15, 0.2) is 85.8 Å². The van der Waals surface area contributed by atoms with Gasteiger partial charge >= 0.3 is 18.2 Å². The molecule has 10 N–H and O–H groups in total. The number of carbonyl (C=O) groups excluding carboxylic acids is 3. The lowest BCUT2D eigenvalue weighted by Gasteiger charge is -2.28. The molecule has 6 aromatic rings. The highest BCUT2D eigenvalue weighted by molar-refractivity contribution is 7.93. The predicted octanol–water partition coefficient (Wildman–Crippen LogP) is 15.6. The molecule has 3 aromatic heterocycles. The number of Topliss-reactive ketones (excluding diaryl/α,β-unsaturated/α-hetero) is 1. The van der Waals surface area contributed by atoms with Crippen LogP contribution in [-0.4, -0.2) is 154 Å². The van der Waals surface area contributed by atoms with E-state index in [1.165, 1.54) is 42.8 Å². The molecule has 0 saturated carbocycles. The van der Waals surface area contributed by atoms with Crippen LogP contribution in [0.3, 0.4) is 0 Å². The Hall–Kier alpha value is -6.54. The van der Waals surface area contributed by atoms with Gasteiger partial charge in [-0.25, -0.2) is 67.8 Å². The van der Waals surface area contributed by atoms with Crippen molar-refractivity contribution in [2.24, 2.45) is 23.5 Å². The largest absolute Gasteiger partial charge is 0.480 e. The van der Waals surface area contributed by atoms with Gasteiger partial charge in [0.25, 0.3) is 30.1 Å². The molecule has 0 aliphatic carbocycles. The second kappa shape index (κ2) is 41.5. The lowest BCUT2D eigenvalue weighted by atomic mass is 10.0. The number of ketones is 1. The second-order valence-electron chi connectivity index (χ2n) is 28.1. The molecule has 3 saturated heterocycles. The fraction of sp³-hybridized carbons (Fsp3) is 0.551. The molecule has 26 nitrogen and oxygen atoms in total. The van der Waals surface area contributed by atoms with E-state index in [1.807, 2.05) is 13.8 Å². The molecule has 0 unspecified atom stereocenters. The third-order valence-corrected chi connectivity index (χ3v) is 23.9. The minimum atomic E-state index is -4.18. The number of aliphatic carboxylic acids is 1. The van der Waals surface area contributed by atoms with Crippen molar-refractivity contribution in [3.63, 3.8) is 0 Å². The highest BCUT2D eigenvalue weighted by atomic mass is 35.5. The number of carboxylic acid groups (broad SMARTS) is 1. The number of benzene rings is 3. The number of hydrogen-bond acceptors (Lipinski definition) is 23. The molecule has 3 aromatic carbocycles. The zero-order chi connectivity index (χ0) is 79.0. The average Bonchev–Trinajstić information content (AvgIpc) is 1.59. The number of aromatic nitrogens is 3. The fourth-order valence-electron chi connectivity index (χ4n) is 11.4. The van der Waals surface area contributed by atoms with Crippen molar-refractivity contribution in [3.05, 3.63) is 104 Å². The van der Waals surface area contributed by atoms with E-state index in [1.54, 1.807) is 62.6 Å². The molecule has 3 aliphatic heterocycles. The summed E-state index contributed by atoms with van der Waals surface area (Å²) in [5.74, 6) is -2.40. The molecule has 0 radical (unpaired) electrons. The predicted molar refractivity (Wildman–Crippen MR) is 418 cm³/mol. The van der Waals surface area contributed by atoms with Gasteiger partial charge in [-0.3, -0.25) is 28.8 Å². The quantitative estimate of drug-likeness (QED) is 0.0183. The molecule has 9 rings (SSSR count). The minimum Gasteiger partial charge on any atom is -0.480 e. The smallest absolute Gasteiger partial charge is 0.411 e. The van der Waals surface area contributed by atoms with Gasteiger partial charge in [-0.15, -0.1) is 34.0 Å². The molecule has 38 heteroatoms. The van der Waals surface area contributed by atoms with Gasteiger partial charge in [-0.05, 0) is 167 Å². The van der Waals surface area contributed by atoms with E-state index in [0.29, 0.717) is 88.8 Å². The van der Waals surface area contributed by atoms with Crippen LogP contribution in [0.5, 0.6) is 0 Å². The number of sulfonamides is 3. The number of nitrogens with one attached hydrogen (secondary N) is 7. The Labute approximate surface area is 652 Å². The summed E-state index contributed by atoms with van der Waals surface area (Å²) in [4.78, 5) is 60.9. The number of halogens is 6. The second-order valence-corrected chi connectivity index (χ2v) is 37.0. The highest BCUT2D eigenvalue weighted by Gasteiger charge is 2.41. The average molecular weight is 1670 g/mol. The first-order valence-corrected chi connectivity index (χ1v) is 43.1. The third-order valence-electron chi connectivity index (χ3n) is 16.4. The minimum absolute atomic E-state index is 0.0291. The van der Waals surface area contributed by atoms with Gasteiger partial charge in [-0.2, -0.15) is 0 Å². The van der Waals surface area contributed by atoms with Crippen LogP contribution in [0.4, 0.5) is 55.2 Å². The number of carbonyl (C=O) groups is 4. The number of ether oxygens (including phenoxy) is 2. The summed E-state index contributed by atoms with van der Waals surface area (Å²) in [6.45, 7) is 21.3. The number of rotatable bonds is 31. The number of nitrogens with two attached hydrogens (primary N) is 1. The Bertz CT molecular complexity index is 4230. The molecule has 6 heterocycles. The van der Waals surface area contributed by atoms with Crippen LogP contribution < -0.4 is 41.2 Å². The van der Waals surface area contributed by atoms with E-state index in [9.17, 15) is 57.6 Å². The molecule has 0 bridgehead atoms. The number of likely N-dealkylation sites (tertiary alicyclic amines) is 2. The highest BCUT2D eigenvalue weighted by Crippen LogP contribution is 2.35. The Morgan fingerprint density at radius 2 is 0.916 bits per heavy atom. The van der Waals surface area contributed by atoms with Crippen molar-refractivity contribution in [2.75, 3.05) is 75.9 Å². The standard InChI is InChI=1S/C25H34ClFN4O5S2.C20H28ClFN4O2S2.C13H16ClFN4O2S2.C11H19NO4/c1-16-12-20(31(15-16)24(33)36-25(2,3)4)21(32)8-6-5-7-9-28-19-14-18(27)22(13-17(19)26)38(34,35)30-23-29-10-11-37-23;1-14-10-15(25-13-14)6-4-2-3-5-7-23-18-12-17(22)19(11-16(18)21)30(27,28)26-20-24-8-9-29-20;14-9-7-12(23(20,21)19-13-18-5-6-22-13)10(15)8-11(9)17-4-2-1-3-16;1-7-5-8(9(13)14)12(6-7)10(15)16-11(2,3)4/h10-11,13-14,16,20,28H,5-9,12,15H2,1-4H3,(H,29,30);8-9,11-12,14-15,23,25H,2-7,10,13H2,1H3,(H,24,26);5-8,17H,1-4,16H2,(H,18,19);7-8H,5-6H2,1-4H3,(H,13,14)/t16-,20-;14-,15+;;7-,8-/m00.0/s1. The molecule has 594 valence electrons. The van der Waals surface area contributed by atoms with Gasteiger partial charge < -0.3 is 41.6 Å². The number of nitrogens with zero attached hydrogens (tertiary/aromatic N) is 5. The normalized spacial score (nSPS) is 18.0. The van der Waals surface area contributed by atoms with E-state index in [2.05, 4.69) is 57.3 Å². The first kappa shape index (κ1) is 89.4. The summed E-state index contributed by atoms with van der Waals surface area (Å²) in [6.07, 6.45) is 15.4. The van der Waals surface area contributed by atoms with Gasteiger partial charge in [0.05, 0.1) is 38.2 Å². The van der Waals surface area contributed by atoms with E-state index < -0.39 is 104 Å². The van der Waals surface area contributed by atoms with E-state index >= 15 is 0 Å². The Morgan fingerprint density at radius 3 is 1.26 bits per heavy atom. The summed E-state index contributed by atoms with van der Waals surface area (Å²) in [7, 11) is -12.4. The number of hydrogen-bond donors (Lipinski definition) is 9. The number of amides is 2. The van der Waals surface area contributed by atoms with Gasteiger partial charge in [0.2, 0.25) is 0 Å². The summed E-state index contributed by atoms with van der Waals surface area (Å²) in [6, 6.07) is 5.99. The maximum absolute atomic E-state index is 14.6. The number of thiazole rings is 3. The van der Waals surface area contributed by atoms with Crippen molar-refractivity contribution < 1.29 is 72.2 Å². The molecule has 3 fully saturated rings. The first-order valence-electron chi connectivity index (χ1n) is 34.9. The van der Waals surface area contributed by atoms with Crippen molar-refractivity contribution in [1.82, 2.24) is 30.1 Å². The maximum Gasteiger partial charge on any atom is 0.411 e. The molecular weight excluding hydrogens is 1570 g/mol. The van der Waals surface area contributed by atoms with E-state index in [0.717, 1.165) is 121 Å². The van der Waals surface area contributed by atoms with Crippen LogP contribution in [0.2, 0.25) is 15.1 Å². The Morgan fingerprint density at radius 1 is 0.551 bits per heavy atom. The SMILES string of the molecule is C[C@@H]1CN[C@H](CCCCCCNc2cc(F)c(S(=O)(=O)Nc3nccs3)cc2Cl)C1.C[C@H]1C[C@@H](C(=O)CCCCCNc2cc(F)c(S(=O)(=O)Nc3nccs3)cc2Cl)N(C(=O)OC(C)(C)C)C1.C[C@H]1C[C@@H](C(=O)O)N(C(=O)OC(C)(C)C)C1.NCCCCNc1cc(F)c(S(=O)(=O)Nc2nccs2)cc1Cl. The van der Waals surface area contributed by atoms with Gasteiger partial charge in [-0.1, -0.05) is 81.3 Å². The topological polar surface area (TPSA) is 365 Å². The van der Waals surface area contributed by atoms with Crippen molar-refractivity contribution in [3.8, 4) is 0 Å². The van der Waals surface area contributed by atoms with Crippen LogP contribution >= 0.6 is 68.8 Å². The van der Waals surface area contributed by atoms with Crippen LogP contribution in [0.25, 0.3) is 0 Å². The summed E-state index contributed by atoms with van der Waals surface area (Å²) in [5.41, 5.74) is 5.20. The molecule has 107 heavy (non-hydrogen) atoms. The first-order chi connectivity index (χ1) is 50.3. The van der Waals surface area contributed by atoms with Gasteiger partial charge in [0.1, 0.15) is 49.4 Å². The van der Waals surface area contributed by atoms with Crippen LogP contribution in [0.1, 0.15) is 152 Å². The lowest BCUT2D eigenvalue weighted by molar-refractivity contribution is -0.142. The number of unbranched alkanes of at least 4 members (excludes halogenated alkanes) is 6.